The van der Waals surface area contributed by atoms with E-state index in [-0.39, 0.29) is 18.8 Å². The van der Waals surface area contributed by atoms with Crippen LogP contribution in [0.25, 0.3) is 6.08 Å². The largest absolute Gasteiger partial charge is 0.496 e. The van der Waals surface area contributed by atoms with Crippen molar-refractivity contribution >= 4 is 6.08 Å². The second-order valence-electron chi connectivity index (χ2n) is 5.76. The van der Waals surface area contributed by atoms with Crippen molar-refractivity contribution in [1.29, 1.82) is 0 Å². The van der Waals surface area contributed by atoms with E-state index in [4.69, 9.17) is 4.74 Å². The van der Waals surface area contributed by atoms with Crippen LogP contribution in [0.15, 0.2) is 24.3 Å². The summed E-state index contributed by atoms with van der Waals surface area (Å²) in [6, 6.07) is 5.91. The molecule has 1 aliphatic rings. The number of hydrogen-bond donors (Lipinski definition) is 0. The Morgan fingerprint density at radius 2 is 1.81 bits per heavy atom. The standard InChI is InChI=1S/C17H21F3O/c1-12-3-10-16(21-2)14(11-12)7-4-13-5-8-15(9-6-13)17(18,19)20/h3-4,7,10-11,13,15H,5-6,8-9H2,1-2H3/b7-4+/t13-,15-. The number of ether oxygens (including phenoxy) is 1. The molecule has 1 nitrogen and oxygen atoms in total. The third-order valence-electron chi connectivity index (χ3n) is 4.17. The molecule has 2 rings (SSSR count). The molecule has 1 aromatic carbocycles. The normalized spacial score (nSPS) is 23.5. The summed E-state index contributed by atoms with van der Waals surface area (Å²) in [6.07, 6.45) is 1.67. The minimum atomic E-state index is -4.03. The van der Waals surface area contributed by atoms with E-state index < -0.39 is 12.1 Å². The van der Waals surface area contributed by atoms with Crippen LogP contribution < -0.4 is 4.74 Å². The van der Waals surface area contributed by atoms with Gasteiger partial charge in [0.25, 0.3) is 0 Å². The molecule has 21 heavy (non-hydrogen) atoms. The molecule has 0 amide bonds. The van der Waals surface area contributed by atoms with Gasteiger partial charge in [0.15, 0.2) is 0 Å². The molecule has 0 aliphatic heterocycles. The van der Waals surface area contributed by atoms with Gasteiger partial charge in [-0.15, -0.1) is 0 Å². The third-order valence-corrected chi connectivity index (χ3v) is 4.17. The van der Waals surface area contributed by atoms with Crippen molar-refractivity contribution in [2.45, 2.75) is 38.8 Å². The van der Waals surface area contributed by atoms with Crippen LogP contribution in [0.1, 0.15) is 36.8 Å². The first kappa shape index (κ1) is 15.9. The highest BCUT2D eigenvalue weighted by atomic mass is 19.4. The van der Waals surface area contributed by atoms with E-state index in [0.717, 1.165) is 16.9 Å². The highest BCUT2D eigenvalue weighted by molar-refractivity contribution is 5.58. The number of aryl methyl sites for hydroxylation is 1. The van der Waals surface area contributed by atoms with Crippen LogP contribution >= 0.6 is 0 Å². The molecular formula is C17H21F3O. The van der Waals surface area contributed by atoms with E-state index >= 15 is 0 Å². The molecule has 0 N–H and O–H groups in total. The molecule has 4 heteroatoms. The van der Waals surface area contributed by atoms with E-state index in [2.05, 4.69) is 0 Å². The van der Waals surface area contributed by atoms with Gasteiger partial charge in [-0.3, -0.25) is 0 Å². The first-order chi connectivity index (χ1) is 9.90. The fourth-order valence-corrected chi connectivity index (χ4v) is 2.86. The Kier molecular flexibility index (Phi) is 4.96. The Balaban J connectivity index is 1.99. The van der Waals surface area contributed by atoms with Gasteiger partial charge in [0.1, 0.15) is 5.75 Å². The lowest BCUT2D eigenvalue weighted by molar-refractivity contribution is -0.183. The van der Waals surface area contributed by atoms with Crippen molar-refractivity contribution in [3.8, 4) is 5.75 Å². The predicted molar refractivity (Wildman–Crippen MR) is 78.3 cm³/mol. The minimum Gasteiger partial charge on any atom is -0.496 e. The van der Waals surface area contributed by atoms with Crippen molar-refractivity contribution in [3.63, 3.8) is 0 Å². The van der Waals surface area contributed by atoms with Crippen LogP contribution in [0.4, 0.5) is 13.2 Å². The van der Waals surface area contributed by atoms with Gasteiger partial charge in [-0.25, -0.2) is 0 Å². The Labute approximate surface area is 123 Å². The van der Waals surface area contributed by atoms with Crippen LogP contribution in [0.5, 0.6) is 5.75 Å². The summed E-state index contributed by atoms with van der Waals surface area (Å²) in [7, 11) is 1.62. The third kappa shape index (κ3) is 4.26. The van der Waals surface area contributed by atoms with Crippen LogP contribution in [0, 0.1) is 18.8 Å². The zero-order valence-corrected chi connectivity index (χ0v) is 12.4. The van der Waals surface area contributed by atoms with Gasteiger partial charge >= 0.3 is 6.18 Å². The summed E-state index contributed by atoms with van der Waals surface area (Å²) >= 11 is 0. The average molecular weight is 298 g/mol. The SMILES string of the molecule is COc1ccc(C)cc1/C=C/[C@H]1CC[C@H](C(F)(F)F)CC1. The highest BCUT2D eigenvalue weighted by Crippen LogP contribution is 2.40. The molecule has 1 saturated carbocycles. The Morgan fingerprint density at radius 1 is 1.14 bits per heavy atom. The fraction of sp³-hybridized carbons (Fsp3) is 0.529. The fourth-order valence-electron chi connectivity index (χ4n) is 2.86. The van der Waals surface area contributed by atoms with E-state index in [1.54, 1.807) is 7.11 Å². The number of alkyl halides is 3. The monoisotopic (exact) mass is 298 g/mol. The maximum Gasteiger partial charge on any atom is 0.391 e. The predicted octanol–water partition coefficient (Wildman–Crippen LogP) is 5.39. The molecule has 0 unspecified atom stereocenters. The number of halogens is 3. The summed E-state index contributed by atoms with van der Waals surface area (Å²) in [5.74, 6) is -0.0923. The molecule has 0 spiro atoms. The Bertz CT molecular complexity index is 497. The van der Waals surface area contributed by atoms with Gasteiger partial charge in [-0.1, -0.05) is 23.8 Å². The molecule has 0 bridgehead atoms. The number of allylic oxidation sites excluding steroid dienone is 1. The maximum absolute atomic E-state index is 12.6. The lowest BCUT2D eigenvalue weighted by Gasteiger charge is -2.28. The second kappa shape index (κ2) is 6.54. The number of methoxy groups -OCH3 is 1. The van der Waals surface area contributed by atoms with Gasteiger partial charge in [0.05, 0.1) is 13.0 Å². The van der Waals surface area contributed by atoms with Gasteiger partial charge in [0, 0.05) is 5.56 Å². The van der Waals surface area contributed by atoms with E-state index in [1.807, 2.05) is 37.3 Å². The van der Waals surface area contributed by atoms with Crippen molar-refractivity contribution < 1.29 is 17.9 Å². The summed E-state index contributed by atoms with van der Waals surface area (Å²) in [4.78, 5) is 0. The molecule has 0 aromatic heterocycles. The van der Waals surface area contributed by atoms with Gasteiger partial charge in [-0.2, -0.15) is 13.2 Å². The highest BCUT2D eigenvalue weighted by Gasteiger charge is 2.40. The second-order valence-corrected chi connectivity index (χ2v) is 5.76. The summed E-state index contributed by atoms with van der Waals surface area (Å²) in [5.41, 5.74) is 2.12. The first-order valence-corrected chi connectivity index (χ1v) is 7.29. The van der Waals surface area contributed by atoms with Crippen molar-refractivity contribution in [3.05, 3.63) is 35.4 Å². The van der Waals surface area contributed by atoms with Gasteiger partial charge in [0.2, 0.25) is 0 Å². The Hall–Kier alpha value is -1.45. The quantitative estimate of drug-likeness (QED) is 0.727. The van der Waals surface area contributed by atoms with E-state index in [9.17, 15) is 13.2 Å². The number of rotatable bonds is 3. The minimum absolute atomic E-state index is 0.230. The molecule has 0 saturated heterocycles. The van der Waals surface area contributed by atoms with Crippen LogP contribution in [-0.2, 0) is 0 Å². The first-order valence-electron chi connectivity index (χ1n) is 7.29. The summed E-state index contributed by atoms with van der Waals surface area (Å²) < 4.78 is 43.2. The molecule has 0 heterocycles. The lowest BCUT2D eigenvalue weighted by atomic mass is 9.81. The van der Waals surface area contributed by atoms with E-state index in [0.29, 0.717) is 12.8 Å². The molecule has 0 radical (unpaired) electrons. The van der Waals surface area contributed by atoms with Crippen LogP contribution in [0.2, 0.25) is 0 Å². The zero-order valence-electron chi connectivity index (χ0n) is 12.4. The molecule has 0 atom stereocenters. The summed E-state index contributed by atoms with van der Waals surface area (Å²) in [6.45, 7) is 2.01. The van der Waals surface area contributed by atoms with Crippen LogP contribution in [0.3, 0.4) is 0 Å². The van der Waals surface area contributed by atoms with Gasteiger partial charge < -0.3 is 4.74 Å². The number of hydrogen-bond acceptors (Lipinski definition) is 1. The molecule has 1 aliphatic carbocycles. The van der Waals surface area contributed by atoms with E-state index in [1.165, 1.54) is 0 Å². The average Bonchev–Trinajstić information content (AvgIpc) is 2.45. The van der Waals surface area contributed by atoms with Crippen LogP contribution in [-0.4, -0.2) is 13.3 Å². The smallest absolute Gasteiger partial charge is 0.391 e. The van der Waals surface area contributed by atoms with Crippen molar-refractivity contribution in [1.82, 2.24) is 0 Å². The molecule has 1 fully saturated rings. The lowest BCUT2D eigenvalue weighted by Crippen LogP contribution is -2.27. The summed E-state index contributed by atoms with van der Waals surface area (Å²) in [5, 5.41) is 0. The molecular weight excluding hydrogens is 277 g/mol. The molecule has 116 valence electrons. The zero-order chi connectivity index (χ0) is 15.5. The molecule has 1 aromatic rings. The number of benzene rings is 1. The topological polar surface area (TPSA) is 9.23 Å². The maximum atomic E-state index is 12.6. The van der Waals surface area contributed by atoms with Crippen molar-refractivity contribution in [2.75, 3.05) is 7.11 Å². The van der Waals surface area contributed by atoms with Crippen molar-refractivity contribution in [2.24, 2.45) is 11.8 Å². The van der Waals surface area contributed by atoms with Gasteiger partial charge in [-0.05, 0) is 50.7 Å². The Morgan fingerprint density at radius 3 is 2.38 bits per heavy atom.